The van der Waals surface area contributed by atoms with Crippen LogP contribution in [-0.4, -0.2) is 29.4 Å². The van der Waals surface area contributed by atoms with Crippen LogP contribution < -0.4 is 5.73 Å². The number of hydrogen-bond acceptors (Lipinski definition) is 2. The summed E-state index contributed by atoms with van der Waals surface area (Å²) in [6, 6.07) is 10.4. The van der Waals surface area contributed by atoms with Gasteiger partial charge < -0.3 is 10.6 Å². The highest BCUT2D eigenvalue weighted by Crippen LogP contribution is 2.29. The van der Waals surface area contributed by atoms with Crippen molar-refractivity contribution in [1.82, 2.24) is 4.90 Å². The lowest BCUT2D eigenvalue weighted by Gasteiger charge is -2.30. The van der Waals surface area contributed by atoms with Crippen LogP contribution in [-0.2, 0) is 4.79 Å². The number of rotatable bonds is 4. The minimum atomic E-state index is -0.675. The van der Waals surface area contributed by atoms with Crippen molar-refractivity contribution in [1.29, 1.82) is 0 Å². The number of carbonyl (C=O) groups excluding carboxylic acids is 1. The molecule has 1 amide bonds. The van der Waals surface area contributed by atoms with Gasteiger partial charge in [-0.1, -0.05) is 44.2 Å². The number of nitrogens with two attached hydrogens (primary N) is 1. The number of carbonyl (C=O) groups is 1. The van der Waals surface area contributed by atoms with Crippen LogP contribution in [0.15, 0.2) is 30.3 Å². The van der Waals surface area contributed by atoms with E-state index in [-0.39, 0.29) is 5.91 Å². The van der Waals surface area contributed by atoms with E-state index in [4.69, 9.17) is 5.73 Å². The molecule has 0 saturated carbocycles. The van der Waals surface area contributed by atoms with Crippen LogP contribution in [0.1, 0.15) is 44.6 Å². The van der Waals surface area contributed by atoms with E-state index in [0.29, 0.717) is 18.8 Å². The molecule has 0 spiro atoms. The van der Waals surface area contributed by atoms with Crippen molar-refractivity contribution < 1.29 is 4.79 Å². The Labute approximate surface area is 115 Å². The molecule has 1 heterocycles. The highest BCUT2D eigenvalue weighted by atomic mass is 16.2. The zero-order valence-corrected chi connectivity index (χ0v) is 11.9. The van der Waals surface area contributed by atoms with Gasteiger partial charge >= 0.3 is 0 Å². The molecule has 0 aromatic heterocycles. The summed E-state index contributed by atoms with van der Waals surface area (Å²) in [7, 11) is 0. The number of hydrogen-bond donors (Lipinski definition) is 1. The van der Waals surface area contributed by atoms with Crippen molar-refractivity contribution >= 4 is 5.91 Å². The van der Waals surface area contributed by atoms with E-state index in [2.05, 4.69) is 24.3 Å². The van der Waals surface area contributed by atoms with Gasteiger partial charge in [0, 0.05) is 19.0 Å². The van der Waals surface area contributed by atoms with Crippen molar-refractivity contribution in [2.75, 3.05) is 13.1 Å². The van der Waals surface area contributed by atoms with E-state index in [9.17, 15) is 4.79 Å². The molecule has 19 heavy (non-hydrogen) atoms. The predicted octanol–water partition coefficient (Wildman–Crippen LogP) is 2.52. The van der Waals surface area contributed by atoms with Gasteiger partial charge in [0.1, 0.15) is 0 Å². The van der Waals surface area contributed by atoms with Gasteiger partial charge in [0.25, 0.3) is 0 Å². The fraction of sp³-hybridized carbons (Fsp3) is 0.562. The first-order chi connectivity index (χ1) is 9.10. The fourth-order valence-corrected chi connectivity index (χ4v) is 2.81. The highest BCUT2D eigenvalue weighted by molar-refractivity contribution is 5.86. The van der Waals surface area contributed by atoms with Crippen molar-refractivity contribution in [3.05, 3.63) is 35.9 Å². The van der Waals surface area contributed by atoms with E-state index in [1.807, 2.05) is 24.8 Å². The lowest BCUT2D eigenvalue weighted by Crippen LogP contribution is -2.54. The Balaban J connectivity index is 2.05. The smallest absolute Gasteiger partial charge is 0.242 e. The molecular formula is C16H24N2O. The van der Waals surface area contributed by atoms with Crippen LogP contribution in [0.25, 0.3) is 0 Å². The lowest BCUT2D eigenvalue weighted by atomic mass is 9.92. The first-order valence-electron chi connectivity index (χ1n) is 7.24. The van der Waals surface area contributed by atoms with Crippen LogP contribution in [0.5, 0.6) is 0 Å². The van der Waals surface area contributed by atoms with Gasteiger partial charge in [-0.15, -0.1) is 0 Å². The molecule has 1 fully saturated rings. The maximum absolute atomic E-state index is 12.5. The van der Waals surface area contributed by atoms with Gasteiger partial charge in [-0.3, -0.25) is 4.79 Å². The Morgan fingerprint density at radius 3 is 2.53 bits per heavy atom. The Bertz CT molecular complexity index is 426. The van der Waals surface area contributed by atoms with Crippen LogP contribution in [0.3, 0.4) is 0 Å². The Morgan fingerprint density at radius 1 is 1.32 bits per heavy atom. The second-order valence-corrected chi connectivity index (χ2v) is 5.51. The summed E-state index contributed by atoms with van der Waals surface area (Å²) < 4.78 is 0. The lowest BCUT2D eigenvalue weighted by molar-refractivity contribution is -0.136. The molecule has 2 N–H and O–H groups in total. The van der Waals surface area contributed by atoms with Crippen molar-refractivity contribution in [2.45, 2.75) is 44.6 Å². The van der Waals surface area contributed by atoms with Crippen molar-refractivity contribution in [3.8, 4) is 0 Å². The monoisotopic (exact) mass is 260 g/mol. The zero-order chi connectivity index (χ0) is 13.9. The van der Waals surface area contributed by atoms with E-state index in [1.54, 1.807) is 0 Å². The first-order valence-corrected chi connectivity index (χ1v) is 7.24. The second kappa shape index (κ2) is 5.74. The summed E-state index contributed by atoms with van der Waals surface area (Å²) in [5.41, 5.74) is 6.87. The Hall–Kier alpha value is -1.35. The standard InChI is InChI=1S/C16H24N2O/c1-3-16(17,4-2)15(19)18-11-10-14(12-18)13-8-6-5-7-9-13/h5-9,14H,3-4,10-12,17H2,1-2H3. The van der Waals surface area contributed by atoms with Crippen LogP contribution in [0, 0.1) is 0 Å². The molecule has 0 bridgehead atoms. The maximum Gasteiger partial charge on any atom is 0.242 e. The van der Waals surface area contributed by atoms with Crippen LogP contribution in [0.2, 0.25) is 0 Å². The molecule has 1 aliphatic heterocycles. The van der Waals surface area contributed by atoms with E-state index in [1.165, 1.54) is 5.56 Å². The van der Waals surface area contributed by atoms with Gasteiger partial charge in [-0.25, -0.2) is 0 Å². The summed E-state index contributed by atoms with van der Waals surface area (Å²) in [6.45, 7) is 5.62. The number of amides is 1. The summed E-state index contributed by atoms with van der Waals surface area (Å²) in [5, 5.41) is 0. The first kappa shape index (κ1) is 14.1. The van der Waals surface area contributed by atoms with Gasteiger partial charge in [-0.2, -0.15) is 0 Å². The molecule has 3 heteroatoms. The van der Waals surface area contributed by atoms with E-state index in [0.717, 1.165) is 19.5 Å². The van der Waals surface area contributed by atoms with E-state index < -0.39 is 5.54 Å². The average molecular weight is 260 g/mol. The molecule has 0 radical (unpaired) electrons. The summed E-state index contributed by atoms with van der Waals surface area (Å²) in [5.74, 6) is 0.582. The van der Waals surface area contributed by atoms with Crippen LogP contribution >= 0.6 is 0 Å². The minimum Gasteiger partial charge on any atom is -0.340 e. The van der Waals surface area contributed by atoms with Crippen molar-refractivity contribution in [2.24, 2.45) is 5.73 Å². The second-order valence-electron chi connectivity index (χ2n) is 5.51. The molecule has 1 aromatic carbocycles. The maximum atomic E-state index is 12.5. The molecule has 1 unspecified atom stereocenters. The predicted molar refractivity (Wildman–Crippen MR) is 77.9 cm³/mol. The fourth-order valence-electron chi connectivity index (χ4n) is 2.81. The topological polar surface area (TPSA) is 46.3 Å². The number of nitrogens with zero attached hydrogens (tertiary/aromatic N) is 1. The third-order valence-corrected chi connectivity index (χ3v) is 4.43. The molecule has 0 aliphatic carbocycles. The zero-order valence-electron chi connectivity index (χ0n) is 11.9. The molecular weight excluding hydrogens is 236 g/mol. The number of likely N-dealkylation sites (tertiary alicyclic amines) is 1. The molecule has 2 rings (SSSR count). The third-order valence-electron chi connectivity index (χ3n) is 4.43. The highest BCUT2D eigenvalue weighted by Gasteiger charge is 2.37. The molecule has 1 atom stereocenters. The Morgan fingerprint density at radius 2 is 1.95 bits per heavy atom. The molecule has 104 valence electrons. The van der Waals surface area contributed by atoms with Crippen LogP contribution in [0.4, 0.5) is 0 Å². The SMILES string of the molecule is CCC(N)(CC)C(=O)N1CCC(c2ccccc2)C1. The largest absolute Gasteiger partial charge is 0.340 e. The minimum absolute atomic E-state index is 0.121. The summed E-state index contributed by atoms with van der Waals surface area (Å²) in [4.78, 5) is 14.5. The van der Waals surface area contributed by atoms with E-state index >= 15 is 0 Å². The average Bonchev–Trinajstić information content (AvgIpc) is 2.96. The summed E-state index contributed by atoms with van der Waals surface area (Å²) in [6.07, 6.45) is 2.45. The third kappa shape index (κ3) is 2.81. The Kier molecular flexibility index (Phi) is 4.25. The molecule has 1 aliphatic rings. The van der Waals surface area contributed by atoms with Gasteiger partial charge in [0.2, 0.25) is 5.91 Å². The van der Waals surface area contributed by atoms with Gasteiger partial charge in [0.05, 0.1) is 5.54 Å². The molecule has 3 nitrogen and oxygen atoms in total. The molecule has 1 saturated heterocycles. The summed E-state index contributed by atoms with van der Waals surface area (Å²) >= 11 is 0. The van der Waals surface area contributed by atoms with Gasteiger partial charge in [-0.05, 0) is 24.8 Å². The van der Waals surface area contributed by atoms with Gasteiger partial charge in [0.15, 0.2) is 0 Å². The quantitative estimate of drug-likeness (QED) is 0.904. The molecule has 1 aromatic rings. The van der Waals surface area contributed by atoms with Crippen molar-refractivity contribution in [3.63, 3.8) is 0 Å². The number of benzene rings is 1. The normalized spacial score (nSPS) is 19.7.